The van der Waals surface area contributed by atoms with E-state index >= 15 is 0 Å². The van der Waals surface area contributed by atoms with E-state index in [1.807, 2.05) is 20.8 Å². The third-order valence-corrected chi connectivity index (χ3v) is 3.48. The van der Waals surface area contributed by atoms with Crippen LogP contribution in [-0.4, -0.2) is 41.5 Å². The quantitative estimate of drug-likeness (QED) is 0.796. The van der Waals surface area contributed by atoms with Crippen molar-refractivity contribution in [2.45, 2.75) is 58.0 Å². The van der Waals surface area contributed by atoms with Crippen molar-refractivity contribution >= 4 is 11.9 Å². The minimum absolute atomic E-state index is 0.00393. The van der Waals surface area contributed by atoms with Gasteiger partial charge < -0.3 is 15.5 Å². The van der Waals surface area contributed by atoms with Crippen LogP contribution in [0.25, 0.3) is 0 Å². The molecule has 2 rings (SSSR count). The third kappa shape index (κ3) is 4.40. The number of piperidine rings is 1. The Morgan fingerprint density at radius 2 is 1.84 bits per heavy atom. The van der Waals surface area contributed by atoms with Crippen molar-refractivity contribution in [3.63, 3.8) is 0 Å². The third-order valence-electron chi connectivity index (χ3n) is 3.48. The van der Waals surface area contributed by atoms with E-state index in [-0.39, 0.29) is 23.4 Å². The molecule has 0 bridgehead atoms. The molecule has 5 heteroatoms. The fraction of sp³-hybridized carbons (Fsp3) is 0.857. The number of carbonyl (C=O) groups excluding carboxylic acids is 2. The Bertz CT molecular complexity index is 358. The average Bonchev–Trinajstić information content (AvgIpc) is 3.11. The molecule has 0 aromatic carbocycles. The number of rotatable bonds is 2. The lowest BCUT2D eigenvalue weighted by atomic mass is 9.96. The van der Waals surface area contributed by atoms with Gasteiger partial charge in [-0.3, -0.25) is 4.79 Å². The Balaban J connectivity index is 1.85. The van der Waals surface area contributed by atoms with E-state index in [0.29, 0.717) is 12.6 Å². The van der Waals surface area contributed by atoms with E-state index in [0.717, 1.165) is 32.2 Å². The summed E-state index contributed by atoms with van der Waals surface area (Å²) in [5, 5.41) is 5.99. The highest BCUT2D eigenvalue weighted by Crippen LogP contribution is 2.21. The average molecular weight is 267 g/mol. The summed E-state index contributed by atoms with van der Waals surface area (Å²) in [6.45, 7) is 7.24. The van der Waals surface area contributed by atoms with Crippen LogP contribution in [0.5, 0.6) is 0 Å². The predicted octanol–water partition coefficient (Wildman–Crippen LogP) is 1.49. The van der Waals surface area contributed by atoms with Crippen molar-refractivity contribution < 1.29 is 9.59 Å². The number of nitrogens with one attached hydrogen (secondary N) is 2. The summed E-state index contributed by atoms with van der Waals surface area (Å²) in [5.74, 6) is -0.00523. The molecule has 0 aromatic rings. The first kappa shape index (κ1) is 14.2. The first-order valence-electron chi connectivity index (χ1n) is 7.22. The van der Waals surface area contributed by atoms with Crippen molar-refractivity contribution in [1.29, 1.82) is 0 Å². The summed E-state index contributed by atoms with van der Waals surface area (Å²) in [5.41, 5.74) is -0.213. The van der Waals surface area contributed by atoms with Crippen LogP contribution in [0.1, 0.15) is 46.5 Å². The molecule has 1 saturated heterocycles. The highest BCUT2D eigenvalue weighted by molar-refractivity contribution is 5.81. The first-order chi connectivity index (χ1) is 8.85. The number of carbonyl (C=O) groups is 2. The molecule has 19 heavy (non-hydrogen) atoms. The summed E-state index contributed by atoms with van der Waals surface area (Å²) < 4.78 is 0. The number of hydrogen-bond acceptors (Lipinski definition) is 2. The van der Waals surface area contributed by atoms with Crippen molar-refractivity contribution in [1.82, 2.24) is 15.5 Å². The van der Waals surface area contributed by atoms with E-state index in [1.54, 1.807) is 4.90 Å². The zero-order valence-corrected chi connectivity index (χ0v) is 12.2. The number of likely N-dealkylation sites (tertiary alicyclic amines) is 1. The second-order valence-electron chi connectivity index (χ2n) is 6.75. The van der Waals surface area contributed by atoms with Crippen molar-refractivity contribution in [3.8, 4) is 0 Å². The first-order valence-corrected chi connectivity index (χ1v) is 7.22. The van der Waals surface area contributed by atoms with Crippen LogP contribution in [0.4, 0.5) is 4.79 Å². The molecule has 108 valence electrons. The van der Waals surface area contributed by atoms with Crippen LogP contribution in [0.15, 0.2) is 0 Å². The van der Waals surface area contributed by atoms with E-state index in [1.165, 1.54) is 0 Å². The maximum atomic E-state index is 12.1. The molecule has 5 nitrogen and oxygen atoms in total. The number of amides is 3. The molecule has 1 atom stereocenters. The minimum Gasteiger partial charge on any atom is -0.351 e. The summed E-state index contributed by atoms with van der Waals surface area (Å²) >= 11 is 0. The Morgan fingerprint density at radius 1 is 1.16 bits per heavy atom. The molecule has 0 aromatic heterocycles. The standard InChI is InChI=1S/C14H25N3O2/c1-14(2,3)16-12(18)10-5-4-8-17(9-10)13(19)15-11-6-7-11/h10-11H,4-9H2,1-3H3,(H,15,19)(H,16,18). The second-order valence-corrected chi connectivity index (χ2v) is 6.75. The topological polar surface area (TPSA) is 61.4 Å². The van der Waals surface area contributed by atoms with Crippen molar-refractivity contribution in [3.05, 3.63) is 0 Å². The van der Waals surface area contributed by atoms with Gasteiger partial charge in [-0.1, -0.05) is 0 Å². The molecule has 0 radical (unpaired) electrons. The zero-order chi connectivity index (χ0) is 14.0. The minimum atomic E-state index is -0.213. The number of nitrogens with zero attached hydrogens (tertiary/aromatic N) is 1. The van der Waals surface area contributed by atoms with Gasteiger partial charge in [-0.2, -0.15) is 0 Å². The smallest absolute Gasteiger partial charge is 0.317 e. The van der Waals surface area contributed by atoms with Crippen molar-refractivity contribution in [2.75, 3.05) is 13.1 Å². The molecule has 2 N–H and O–H groups in total. The molecule has 2 aliphatic rings. The second kappa shape index (κ2) is 5.39. The molecule has 1 saturated carbocycles. The van der Waals surface area contributed by atoms with E-state index in [4.69, 9.17) is 0 Å². The lowest BCUT2D eigenvalue weighted by molar-refractivity contribution is -0.127. The molecule has 3 amide bonds. The van der Waals surface area contributed by atoms with Crippen LogP contribution in [0, 0.1) is 5.92 Å². The Labute approximate surface area is 115 Å². The van der Waals surface area contributed by atoms with Crippen molar-refractivity contribution in [2.24, 2.45) is 5.92 Å². The van der Waals surface area contributed by atoms with Crippen LogP contribution in [0.3, 0.4) is 0 Å². The van der Waals surface area contributed by atoms with Crippen LogP contribution < -0.4 is 10.6 Å². The van der Waals surface area contributed by atoms with Gasteiger partial charge in [0.2, 0.25) is 5.91 Å². The molecule has 1 unspecified atom stereocenters. The van der Waals surface area contributed by atoms with Gasteiger partial charge in [0.15, 0.2) is 0 Å². The summed E-state index contributed by atoms with van der Waals surface area (Å²) in [7, 11) is 0. The maximum absolute atomic E-state index is 12.1. The molecule has 1 heterocycles. The molecule has 0 spiro atoms. The lowest BCUT2D eigenvalue weighted by Gasteiger charge is -2.33. The number of urea groups is 1. The molecular formula is C14H25N3O2. The van der Waals surface area contributed by atoms with Gasteiger partial charge in [-0.05, 0) is 46.5 Å². The van der Waals surface area contributed by atoms with Gasteiger partial charge in [-0.25, -0.2) is 4.79 Å². The zero-order valence-electron chi connectivity index (χ0n) is 12.2. The van der Waals surface area contributed by atoms with Gasteiger partial charge in [0, 0.05) is 24.7 Å². The fourth-order valence-electron chi connectivity index (χ4n) is 2.34. The normalized spacial score (nSPS) is 23.9. The Hall–Kier alpha value is -1.26. The van der Waals surface area contributed by atoms with Crippen LogP contribution in [0.2, 0.25) is 0 Å². The highest BCUT2D eigenvalue weighted by atomic mass is 16.2. The largest absolute Gasteiger partial charge is 0.351 e. The van der Waals surface area contributed by atoms with E-state index in [9.17, 15) is 9.59 Å². The molecule has 2 fully saturated rings. The summed E-state index contributed by atoms with van der Waals surface area (Å²) in [6, 6.07) is 0.368. The van der Waals surface area contributed by atoms with Gasteiger partial charge in [0.05, 0.1) is 5.92 Å². The maximum Gasteiger partial charge on any atom is 0.317 e. The molecule has 1 aliphatic carbocycles. The summed E-state index contributed by atoms with van der Waals surface area (Å²) in [4.78, 5) is 25.9. The van der Waals surface area contributed by atoms with E-state index < -0.39 is 0 Å². The fourth-order valence-corrected chi connectivity index (χ4v) is 2.34. The van der Waals surface area contributed by atoms with Gasteiger partial charge in [0.25, 0.3) is 0 Å². The van der Waals surface area contributed by atoms with Gasteiger partial charge in [-0.15, -0.1) is 0 Å². The Kier molecular flexibility index (Phi) is 4.02. The van der Waals surface area contributed by atoms with Crippen LogP contribution in [-0.2, 0) is 4.79 Å². The Morgan fingerprint density at radius 3 is 2.42 bits per heavy atom. The highest BCUT2D eigenvalue weighted by Gasteiger charge is 2.32. The lowest BCUT2D eigenvalue weighted by Crippen LogP contribution is -2.51. The van der Waals surface area contributed by atoms with Crippen LogP contribution >= 0.6 is 0 Å². The molecule has 1 aliphatic heterocycles. The molecular weight excluding hydrogens is 242 g/mol. The predicted molar refractivity (Wildman–Crippen MR) is 73.7 cm³/mol. The summed E-state index contributed by atoms with van der Waals surface area (Å²) in [6.07, 6.45) is 3.95. The van der Waals surface area contributed by atoms with Gasteiger partial charge in [0.1, 0.15) is 0 Å². The van der Waals surface area contributed by atoms with Gasteiger partial charge >= 0.3 is 6.03 Å². The van der Waals surface area contributed by atoms with E-state index in [2.05, 4.69) is 10.6 Å². The monoisotopic (exact) mass is 267 g/mol. The SMILES string of the molecule is CC(C)(C)NC(=O)C1CCCN(C(=O)NC2CC2)C1. The number of hydrogen-bond donors (Lipinski definition) is 2.